The molecular weight excluding hydrogens is 435 g/mol. The third-order valence-electron chi connectivity index (χ3n) is 5.07. The Kier molecular flexibility index (Phi) is 6.98. The van der Waals surface area contributed by atoms with Gasteiger partial charge in [0.15, 0.2) is 5.82 Å². The molecule has 4 aromatic rings. The number of carbonyl (C=O) groups is 1. The molecule has 0 aliphatic rings. The number of allylic oxidation sites excluding steroid dienone is 1. The first-order valence-electron chi connectivity index (χ1n) is 10.5. The van der Waals surface area contributed by atoms with Gasteiger partial charge in [-0.15, -0.1) is 5.10 Å². The van der Waals surface area contributed by atoms with E-state index < -0.39 is 0 Å². The van der Waals surface area contributed by atoms with E-state index in [4.69, 9.17) is 9.47 Å². The highest BCUT2D eigenvalue weighted by molar-refractivity contribution is 5.95. The van der Waals surface area contributed by atoms with Gasteiger partial charge in [-0.1, -0.05) is 30.3 Å². The van der Waals surface area contributed by atoms with Gasteiger partial charge in [0.05, 0.1) is 14.2 Å². The lowest BCUT2D eigenvalue weighted by Crippen LogP contribution is -2.14. The Balaban J connectivity index is 1.63. The molecule has 0 saturated heterocycles. The molecule has 7 nitrogen and oxygen atoms in total. The van der Waals surface area contributed by atoms with Gasteiger partial charge in [0.2, 0.25) is 5.95 Å². The summed E-state index contributed by atoms with van der Waals surface area (Å²) in [6, 6.07) is 20.7. The Bertz CT molecular complexity index is 1300. The van der Waals surface area contributed by atoms with Gasteiger partial charge in [-0.2, -0.15) is 9.67 Å². The molecule has 34 heavy (non-hydrogen) atoms. The van der Waals surface area contributed by atoms with Crippen LogP contribution in [0.4, 0.5) is 10.3 Å². The number of halogens is 1. The fraction of sp³-hybridized carbons (Fsp3) is 0.115. The van der Waals surface area contributed by atoms with Crippen LogP contribution in [0.25, 0.3) is 17.5 Å². The van der Waals surface area contributed by atoms with Gasteiger partial charge in [0, 0.05) is 23.7 Å². The van der Waals surface area contributed by atoms with E-state index in [0.29, 0.717) is 23.9 Å². The largest absolute Gasteiger partial charge is 0.497 e. The molecule has 1 aromatic heterocycles. The van der Waals surface area contributed by atoms with Gasteiger partial charge in [-0.25, -0.2) is 4.39 Å². The fourth-order valence-corrected chi connectivity index (χ4v) is 3.26. The number of anilines is 1. The summed E-state index contributed by atoms with van der Waals surface area (Å²) in [6.45, 7) is 0.338. The maximum atomic E-state index is 13.2. The number of rotatable bonds is 8. The molecule has 8 heteroatoms. The topological polar surface area (TPSA) is 78.3 Å². The maximum Gasteiger partial charge on any atom is 0.274 e. The lowest BCUT2D eigenvalue weighted by Gasteiger charge is -2.06. The van der Waals surface area contributed by atoms with E-state index in [1.807, 2.05) is 36.4 Å². The molecule has 0 atom stereocenters. The molecule has 0 radical (unpaired) electrons. The molecule has 0 spiro atoms. The van der Waals surface area contributed by atoms with Crippen molar-refractivity contribution in [3.8, 4) is 22.9 Å². The zero-order valence-corrected chi connectivity index (χ0v) is 18.7. The van der Waals surface area contributed by atoms with Crippen LogP contribution in [-0.2, 0) is 6.54 Å². The van der Waals surface area contributed by atoms with E-state index >= 15 is 0 Å². The Labute approximate surface area is 196 Å². The molecule has 0 fully saturated rings. The number of para-hydroxylation sites is 1. The summed E-state index contributed by atoms with van der Waals surface area (Å²) in [4.78, 5) is 17.6. The SMILES string of the molecule is COc1ccc(-c2nc(NCc3ccc(F)cc3)n(C(=O)C=Cc3ccccc3OC)n2)cc1. The van der Waals surface area contributed by atoms with E-state index in [1.54, 1.807) is 44.6 Å². The molecule has 4 rings (SSSR count). The summed E-state index contributed by atoms with van der Waals surface area (Å²) in [5.74, 6) is 1.30. The maximum absolute atomic E-state index is 13.2. The van der Waals surface area contributed by atoms with Crippen molar-refractivity contribution < 1.29 is 18.7 Å². The molecule has 1 heterocycles. The number of hydrogen-bond donors (Lipinski definition) is 1. The van der Waals surface area contributed by atoms with Crippen molar-refractivity contribution in [2.24, 2.45) is 0 Å². The Hall–Kier alpha value is -4.46. The fourth-order valence-electron chi connectivity index (χ4n) is 3.26. The first-order chi connectivity index (χ1) is 16.6. The first-order valence-corrected chi connectivity index (χ1v) is 10.5. The molecule has 0 amide bonds. The highest BCUT2D eigenvalue weighted by Crippen LogP contribution is 2.22. The number of nitrogens with one attached hydrogen (secondary N) is 1. The van der Waals surface area contributed by atoms with E-state index in [-0.39, 0.29) is 17.7 Å². The van der Waals surface area contributed by atoms with Crippen LogP contribution in [0.5, 0.6) is 11.5 Å². The smallest absolute Gasteiger partial charge is 0.274 e. The second-order valence-corrected chi connectivity index (χ2v) is 7.29. The van der Waals surface area contributed by atoms with E-state index in [2.05, 4.69) is 15.4 Å². The van der Waals surface area contributed by atoms with Gasteiger partial charge < -0.3 is 14.8 Å². The number of benzene rings is 3. The molecule has 0 bridgehead atoms. The summed E-state index contributed by atoms with van der Waals surface area (Å²) in [5, 5.41) is 7.55. The lowest BCUT2D eigenvalue weighted by molar-refractivity contribution is 0.0957. The highest BCUT2D eigenvalue weighted by atomic mass is 19.1. The summed E-state index contributed by atoms with van der Waals surface area (Å²) < 4.78 is 25.0. The number of ether oxygens (including phenoxy) is 2. The average Bonchev–Trinajstić information content (AvgIpc) is 3.31. The third-order valence-corrected chi connectivity index (χ3v) is 5.07. The molecule has 172 valence electrons. The van der Waals surface area contributed by atoms with Crippen molar-refractivity contribution in [1.82, 2.24) is 14.8 Å². The van der Waals surface area contributed by atoms with Crippen LogP contribution in [0.3, 0.4) is 0 Å². The number of aromatic nitrogens is 3. The Morgan fingerprint density at radius 2 is 1.74 bits per heavy atom. The minimum atomic E-state index is -0.389. The molecule has 1 N–H and O–H groups in total. The predicted molar refractivity (Wildman–Crippen MR) is 128 cm³/mol. The number of nitrogens with zero attached hydrogens (tertiary/aromatic N) is 3. The quantitative estimate of drug-likeness (QED) is 0.372. The zero-order chi connectivity index (χ0) is 23.9. The lowest BCUT2D eigenvalue weighted by atomic mass is 10.2. The molecule has 0 unspecified atom stereocenters. The van der Waals surface area contributed by atoms with Crippen LogP contribution in [0.2, 0.25) is 0 Å². The minimum Gasteiger partial charge on any atom is -0.497 e. The Morgan fingerprint density at radius 3 is 2.44 bits per heavy atom. The van der Waals surface area contributed by atoms with Crippen molar-refractivity contribution in [2.45, 2.75) is 6.54 Å². The second-order valence-electron chi connectivity index (χ2n) is 7.29. The molecule has 0 aliphatic heterocycles. The van der Waals surface area contributed by atoms with E-state index in [0.717, 1.165) is 16.7 Å². The van der Waals surface area contributed by atoms with Gasteiger partial charge in [0.1, 0.15) is 17.3 Å². The molecule has 3 aromatic carbocycles. The highest BCUT2D eigenvalue weighted by Gasteiger charge is 2.16. The Morgan fingerprint density at radius 1 is 1.00 bits per heavy atom. The average molecular weight is 458 g/mol. The van der Waals surface area contributed by atoms with E-state index in [9.17, 15) is 9.18 Å². The first kappa shape index (κ1) is 22.7. The normalized spacial score (nSPS) is 10.9. The van der Waals surface area contributed by atoms with Gasteiger partial charge >= 0.3 is 0 Å². The summed E-state index contributed by atoms with van der Waals surface area (Å²) in [6.07, 6.45) is 3.08. The van der Waals surface area contributed by atoms with Crippen LogP contribution >= 0.6 is 0 Å². The van der Waals surface area contributed by atoms with Gasteiger partial charge in [0.25, 0.3) is 5.91 Å². The van der Waals surface area contributed by atoms with Crippen molar-refractivity contribution in [1.29, 1.82) is 0 Å². The number of hydrogen-bond acceptors (Lipinski definition) is 6. The van der Waals surface area contributed by atoms with Gasteiger partial charge in [-0.05, 0) is 54.1 Å². The third kappa shape index (κ3) is 5.29. The number of carbonyl (C=O) groups excluding carboxylic acids is 1. The van der Waals surface area contributed by atoms with Crippen LogP contribution in [-0.4, -0.2) is 34.9 Å². The molecule has 0 aliphatic carbocycles. The zero-order valence-electron chi connectivity index (χ0n) is 18.7. The summed E-state index contributed by atoms with van der Waals surface area (Å²) in [5.41, 5.74) is 2.32. The molecule has 0 saturated carbocycles. The van der Waals surface area contributed by atoms with E-state index in [1.165, 1.54) is 22.9 Å². The van der Waals surface area contributed by atoms with Gasteiger partial charge in [-0.3, -0.25) is 4.79 Å². The molecular formula is C26H23FN4O3. The van der Waals surface area contributed by atoms with Crippen molar-refractivity contribution in [3.05, 3.63) is 95.8 Å². The van der Waals surface area contributed by atoms with Crippen LogP contribution in [0.15, 0.2) is 78.9 Å². The standard InChI is InChI=1S/C26H23FN4O3/c1-33-22-14-9-20(10-15-22)25-29-26(28-17-18-7-12-21(27)13-8-18)31(30-25)24(32)16-11-19-5-3-4-6-23(19)34-2/h3-16H,17H2,1-2H3,(H,28,29,30). The van der Waals surface area contributed by atoms with Crippen LogP contribution in [0, 0.1) is 5.82 Å². The van der Waals surface area contributed by atoms with Crippen molar-refractivity contribution in [3.63, 3.8) is 0 Å². The summed E-state index contributed by atoms with van der Waals surface area (Å²) >= 11 is 0. The van der Waals surface area contributed by atoms with Crippen LogP contribution < -0.4 is 14.8 Å². The predicted octanol–water partition coefficient (Wildman–Crippen LogP) is 5.07. The number of methoxy groups -OCH3 is 2. The monoisotopic (exact) mass is 458 g/mol. The summed E-state index contributed by atoms with van der Waals surface area (Å²) in [7, 11) is 3.16. The second kappa shape index (κ2) is 10.4. The van der Waals surface area contributed by atoms with Crippen molar-refractivity contribution in [2.75, 3.05) is 19.5 Å². The van der Waals surface area contributed by atoms with Crippen LogP contribution in [0.1, 0.15) is 15.9 Å². The van der Waals surface area contributed by atoms with Crippen molar-refractivity contribution >= 4 is 17.9 Å². The minimum absolute atomic E-state index is 0.268.